The van der Waals surface area contributed by atoms with Crippen molar-refractivity contribution in [2.75, 3.05) is 0 Å². The van der Waals surface area contributed by atoms with Gasteiger partial charge in [0.05, 0.1) is 10.6 Å². The maximum Gasteiger partial charge on any atom is 0.269 e. The molecule has 0 fully saturated rings. The first-order valence-electron chi connectivity index (χ1n) is 10.2. The number of allylic oxidation sites excluding steroid dienone is 1. The summed E-state index contributed by atoms with van der Waals surface area (Å²) in [6.45, 7) is 0. The molecule has 0 amide bonds. The fourth-order valence-corrected chi connectivity index (χ4v) is 4.39. The highest BCUT2D eigenvalue weighted by molar-refractivity contribution is 7.11. The summed E-state index contributed by atoms with van der Waals surface area (Å²) in [5.41, 5.74) is 2.20. The van der Waals surface area contributed by atoms with Crippen LogP contribution in [0, 0.1) is 21.4 Å². The second-order valence-corrected chi connectivity index (χ2v) is 8.26. The lowest BCUT2D eigenvalue weighted by Gasteiger charge is -2.01. The Morgan fingerprint density at radius 2 is 1.74 bits per heavy atom. The number of aromatic nitrogens is 1. The topological polar surface area (TPSA) is 113 Å². The Bertz CT molecular complexity index is 1610. The number of fused-ring (bicyclic) bond motifs is 1. The zero-order valence-electron chi connectivity index (χ0n) is 17.5. The third-order valence-electron chi connectivity index (χ3n) is 5.31. The van der Waals surface area contributed by atoms with Crippen molar-refractivity contribution in [3.05, 3.63) is 105 Å². The van der Waals surface area contributed by atoms with Crippen molar-refractivity contribution in [2.45, 2.75) is 0 Å². The molecular formula is C26H15N3O4S. The number of hydrogen-bond donors (Lipinski definition) is 1. The number of rotatable bonds is 5. The quantitative estimate of drug-likeness (QED) is 0.128. The Labute approximate surface area is 197 Å². The summed E-state index contributed by atoms with van der Waals surface area (Å²) in [5, 5.41) is 35.8. The lowest BCUT2D eigenvalue weighted by atomic mass is 10.1. The molecule has 2 aromatic heterocycles. The van der Waals surface area contributed by atoms with Crippen LogP contribution < -0.4 is 0 Å². The Hall–Kier alpha value is -4.74. The molecular weight excluding hydrogens is 450 g/mol. The van der Waals surface area contributed by atoms with Crippen LogP contribution in [0.1, 0.15) is 10.8 Å². The lowest BCUT2D eigenvalue weighted by molar-refractivity contribution is -0.384. The number of nitro benzene ring substituents is 1. The number of aliphatic hydroxyl groups is 1. The number of furan rings is 1. The minimum Gasteiger partial charge on any atom is -0.503 e. The molecule has 0 aliphatic heterocycles. The van der Waals surface area contributed by atoms with Gasteiger partial charge in [-0.05, 0) is 41.1 Å². The fraction of sp³-hybridized carbons (Fsp3) is 0. The molecule has 0 spiro atoms. The predicted molar refractivity (Wildman–Crippen MR) is 131 cm³/mol. The van der Waals surface area contributed by atoms with Gasteiger partial charge in [-0.25, -0.2) is 4.98 Å². The molecule has 3 aromatic carbocycles. The Morgan fingerprint density at radius 3 is 2.47 bits per heavy atom. The first kappa shape index (κ1) is 21.1. The first-order chi connectivity index (χ1) is 16.5. The van der Waals surface area contributed by atoms with E-state index in [-0.39, 0.29) is 22.8 Å². The highest BCUT2D eigenvalue weighted by atomic mass is 32.1. The summed E-state index contributed by atoms with van der Waals surface area (Å²) in [7, 11) is 0. The SMILES string of the molecule is N#C/C(=C(/O)c1ccc(-c2ccc([N+](=O)[O-])cc2)o1)c1nc(-c2ccc3ccccc3c2)cs1. The molecule has 34 heavy (non-hydrogen) atoms. The standard InChI is InChI=1S/C26H15N3O4S/c27-14-21(25(30)24-12-11-23(33-24)17-7-9-20(10-8-17)29(31)32)26-28-22(15-34-26)19-6-5-16-3-1-2-4-18(16)13-19/h1-13,15,30H/b25-21-. The molecule has 0 aliphatic carbocycles. The number of thiazole rings is 1. The van der Waals surface area contributed by atoms with E-state index in [1.165, 1.54) is 23.5 Å². The van der Waals surface area contributed by atoms with E-state index >= 15 is 0 Å². The molecule has 0 aliphatic rings. The van der Waals surface area contributed by atoms with Crippen molar-refractivity contribution in [1.29, 1.82) is 5.26 Å². The monoisotopic (exact) mass is 465 g/mol. The van der Waals surface area contributed by atoms with Crippen LogP contribution in [0.4, 0.5) is 5.69 Å². The van der Waals surface area contributed by atoms with Crippen molar-refractivity contribution in [1.82, 2.24) is 4.98 Å². The van der Waals surface area contributed by atoms with Crippen LogP contribution in [-0.4, -0.2) is 15.0 Å². The van der Waals surface area contributed by atoms with E-state index in [2.05, 4.69) is 4.98 Å². The van der Waals surface area contributed by atoms with E-state index in [0.717, 1.165) is 16.3 Å². The summed E-state index contributed by atoms with van der Waals surface area (Å²) < 4.78 is 5.72. The molecule has 7 nitrogen and oxygen atoms in total. The highest BCUT2D eigenvalue weighted by Gasteiger charge is 2.18. The number of aliphatic hydroxyl groups excluding tert-OH is 1. The number of non-ortho nitro benzene ring substituents is 1. The van der Waals surface area contributed by atoms with E-state index < -0.39 is 4.92 Å². The van der Waals surface area contributed by atoms with Crippen molar-refractivity contribution in [3.63, 3.8) is 0 Å². The van der Waals surface area contributed by atoms with Gasteiger partial charge in [0.1, 0.15) is 22.4 Å². The Morgan fingerprint density at radius 1 is 1.00 bits per heavy atom. The van der Waals surface area contributed by atoms with E-state index in [1.807, 2.05) is 53.9 Å². The minimum absolute atomic E-state index is 0.00152. The van der Waals surface area contributed by atoms with E-state index in [9.17, 15) is 20.5 Å². The predicted octanol–water partition coefficient (Wildman–Crippen LogP) is 7.08. The molecule has 0 bridgehead atoms. The number of nitrogens with zero attached hydrogens (tertiary/aromatic N) is 3. The Balaban J connectivity index is 1.46. The van der Waals surface area contributed by atoms with Gasteiger partial charge in [-0.3, -0.25) is 10.1 Å². The summed E-state index contributed by atoms with van der Waals surface area (Å²) in [6, 6.07) is 25.1. The van der Waals surface area contributed by atoms with Gasteiger partial charge in [0.15, 0.2) is 11.5 Å². The third kappa shape index (κ3) is 3.92. The van der Waals surface area contributed by atoms with E-state index in [4.69, 9.17) is 4.42 Å². The Kier molecular flexibility index (Phi) is 5.38. The van der Waals surface area contributed by atoms with Crippen molar-refractivity contribution >= 4 is 39.1 Å². The smallest absolute Gasteiger partial charge is 0.269 e. The third-order valence-corrected chi connectivity index (χ3v) is 6.17. The largest absolute Gasteiger partial charge is 0.503 e. The summed E-state index contributed by atoms with van der Waals surface area (Å²) in [4.78, 5) is 14.9. The minimum atomic E-state index is -0.481. The fourth-order valence-electron chi connectivity index (χ4n) is 3.56. The van der Waals surface area contributed by atoms with E-state index in [0.29, 0.717) is 22.0 Å². The highest BCUT2D eigenvalue weighted by Crippen LogP contribution is 2.33. The second kappa shape index (κ2) is 8.65. The maximum absolute atomic E-state index is 10.8. The van der Waals surface area contributed by atoms with Gasteiger partial charge in [0, 0.05) is 28.6 Å². The molecule has 0 radical (unpaired) electrons. The molecule has 1 N–H and O–H groups in total. The van der Waals surface area contributed by atoms with Gasteiger partial charge in [0.2, 0.25) is 0 Å². The van der Waals surface area contributed by atoms with Crippen LogP contribution in [0.2, 0.25) is 0 Å². The molecule has 8 heteroatoms. The number of benzene rings is 3. The van der Waals surface area contributed by atoms with Gasteiger partial charge in [-0.2, -0.15) is 5.26 Å². The molecule has 5 rings (SSSR count). The molecule has 164 valence electrons. The van der Waals surface area contributed by atoms with Crippen molar-refractivity contribution in [2.24, 2.45) is 0 Å². The molecule has 2 heterocycles. The molecule has 0 unspecified atom stereocenters. The van der Waals surface area contributed by atoms with E-state index in [1.54, 1.807) is 24.3 Å². The number of nitro groups is 1. The molecule has 0 saturated carbocycles. The van der Waals surface area contributed by atoms with Gasteiger partial charge in [0.25, 0.3) is 5.69 Å². The van der Waals surface area contributed by atoms with Crippen LogP contribution in [0.5, 0.6) is 0 Å². The zero-order chi connectivity index (χ0) is 23.7. The van der Waals surface area contributed by atoms with Crippen LogP contribution in [0.25, 0.3) is 44.7 Å². The zero-order valence-corrected chi connectivity index (χ0v) is 18.3. The normalized spacial score (nSPS) is 11.7. The average Bonchev–Trinajstić information content (AvgIpc) is 3.55. The molecule has 0 atom stereocenters. The summed E-state index contributed by atoms with van der Waals surface area (Å²) >= 11 is 1.26. The maximum atomic E-state index is 10.8. The van der Waals surface area contributed by atoms with Crippen LogP contribution in [0.15, 0.2) is 88.7 Å². The van der Waals surface area contributed by atoms with Gasteiger partial charge >= 0.3 is 0 Å². The van der Waals surface area contributed by atoms with Crippen LogP contribution in [-0.2, 0) is 0 Å². The van der Waals surface area contributed by atoms with Crippen molar-refractivity contribution in [3.8, 4) is 28.7 Å². The summed E-state index contributed by atoms with van der Waals surface area (Å²) in [5.74, 6) is 0.187. The lowest BCUT2D eigenvalue weighted by Crippen LogP contribution is -1.89. The average molecular weight is 465 g/mol. The second-order valence-electron chi connectivity index (χ2n) is 7.40. The van der Waals surface area contributed by atoms with Crippen LogP contribution >= 0.6 is 11.3 Å². The summed E-state index contributed by atoms with van der Waals surface area (Å²) in [6.07, 6.45) is 0. The van der Waals surface area contributed by atoms with Crippen LogP contribution in [0.3, 0.4) is 0 Å². The van der Waals surface area contributed by atoms with Gasteiger partial charge in [-0.15, -0.1) is 11.3 Å². The van der Waals surface area contributed by atoms with Crippen molar-refractivity contribution < 1.29 is 14.4 Å². The number of hydrogen-bond acceptors (Lipinski definition) is 7. The van der Waals surface area contributed by atoms with Gasteiger partial charge < -0.3 is 9.52 Å². The first-order valence-corrected chi connectivity index (χ1v) is 11.0. The molecule has 0 saturated heterocycles. The number of nitriles is 1. The molecule has 5 aromatic rings. The van der Waals surface area contributed by atoms with Gasteiger partial charge in [-0.1, -0.05) is 36.4 Å².